The fourth-order valence-electron chi connectivity index (χ4n) is 0.838. The summed E-state index contributed by atoms with van der Waals surface area (Å²) in [5.41, 5.74) is 0. The molecule has 10 heavy (non-hydrogen) atoms. The van der Waals surface area contributed by atoms with Gasteiger partial charge in [-0.1, -0.05) is 0 Å². The highest BCUT2D eigenvalue weighted by molar-refractivity contribution is 7.83. The Hall–Kier alpha value is -0.170. The van der Waals surface area contributed by atoms with E-state index in [0.717, 1.165) is 0 Å². The average molecular weight is 167 g/mol. The molecule has 0 aromatic carbocycles. The summed E-state index contributed by atoms with van der Waals surface area (Å²) in [5.74, 6) is 0. The van der Waals surface area contributed by atoms with Crippen molar-refractivity contribution in [1.82, 2.24) is 4.72 Å². The van der Waals surface area contributed by atoms with E-state index in [1.807, 2.05) is 4.72 Å². The Balaban J connectivity index is 2.38. The highest BCUT2D eigenvalue weighted by Gasteiger charge is 2.19. The van der Waals surface area contributed by atoms with Gasteiger partial charge in [0, 0.05) is 12.6 Å². The fraction of sp³-hybridized carbons (Fsp3) is 1.00. The van der Waals surface area contributed by atoms with Crippen molar-refractivity contribution < 1.29 is 17.7 Å². The smallest absolute Gasteiger partial charge is 0.333 e. The molecule has 1 rings (SSSR count). The lowest BCUT2D eigenvalue weighted by Crippen LogP contribution is -2.34. The predicted octanol–water partition coefficient (Wildman–Crippen LogP) is -0.832. The first kappa shape index (κ1) is 7.93. The summed E-state index contributed by atoms with van der Waals surface area (Å²) < 4.78 is 35.5. The Morgan fingerprint density at radius 3 is 2.70 bits per heavy atom. The van der Waals surface area contributed by atoms with Crippen LogP contribution in [-0.4, -0.2) is 32.2 Å². The minimum atomic E-state index is -4.04. The Labute approximate surface area is 59.3 Å². The molecule has 0 saturated carbocycles. The van der Waals surface area contributed by atoms with Crippen molar-refractivity contribution in [3.8, 4) is 0 Å². The van der Waals surface area contributed by atoms with Crippen molar-refractivity contribution >= 4 is 10.3 Å². The Morgan fingerprint density at radius 1 is 1.60 bits per heavy atom. The highest BCUT2D eigenvalue weighted by Crippen LogP contribution is 2.03. The molecule has 1 fully saturated rings. The summed E-state index contributed by atoms with van der Waals surface area (Å²) in [4.78, 5) is 0. The van der Waals surface area contributed by atoms with Crippen LogP contribution in [0, 0.1) is 0 Å². The lowest BCUT2D eigenvalue weighted by molar-refractivity contribution is 0.192. The van der Waals surface area contributed by atoms with Gasteiger partial charge in [-0.25, -0.2) is 0 Å². The molecule has 0 aliphatic carbocycles. The number of hydrogen-bond acceptors (Lipinski definition) is 3. The van der Waals surface area contributed by atoms with Gasteiger partial charge in [-0.05, 0) is 6.42 Å². The van der Waals surface area contributed by atoms with Gasteiger partial charge in [-0.15, -0.1) is 0 Å². The molecule has 1 atom stereocenters. The molecule has 0 radical (unpaired) electrons. The molecular formula is C4H9NO4S. The second-order valence-electron chi connectivity index (χ2n) is 2.15. The summed E-state index contributed by atoms with van der Waals surface area (Å²) in [7, 11) is -4.04. The van der Waals surface area contributed by atoms with E-state index in [-0.39, 0.29) is 6.04 Å². The van der Waals surface area contributed by atoms with Gasteiger partial charge in [0.1, 0.15) is 0 Å². The van der Waals surface area contributed by atoms with Gasteiger partial charge >= 0.3 is 10.3 Å². The lowest BCUT2D eigenvalue weighted by Gasteiger charge is -2.04. The maximum atomic E-state index is 10.2. The van der Waals surface area contributed by atoms with Crippen LogP contribution in [-0.2, 0) is 15.0 Å². The molecule has 0 unspecified atom stereocenters. The van der Waals surface area contributed by atoms with Gasteiger partial charge in [0.25, 0.3) is 0 Å². The van der Waals surface area contributed by atoms with Crippen LogP contribution in [0.15, 0.2) is 0 Å². The van der Waals surface area contributed by atoms with Crippen molar-refractivity contribution in [3.05, 3.63) is 0 Å². The molecule has 0 aromatic heterocycles. The number of hydrogen-bond donors (Lipinski definition) is 2. The molecule has 1 heterocycles. The quantitative estimate of drug-likeness (QED) is 0.526. The van der Waals surface area contributed by atoms with E-state index >= 15 is 0 Å². The van der Waals surface area contributed by atoms with E-state index in [1.54, 1.807) is 0 Å². The zero-order chi connectivity index (χ0) is 7.61. The van der Waals surface area contributed by atoms with Crippen LogP contribution < -0.4 is 4.72 Å². The largest absolute Gasteiger partial charge is 0.380 e. The minimum absolute atomic E-state index is 0.255. The van der Waals surface area contributed by atoms with Crippen LogP contribution in [0.5, 0.6) is 0 Å². The van der Waals surface area contributed by atoms with Crippen LogP contribution in [0.1, 0.15) is 6.42 Å². The molecule has 6 heteroatoms. The Bertz CT molecular complexity index is 193. The molecule has 0 bridgehead atoms. The molecule has 60 valence electrons. The third-order valence-corrected chi connectivity index (χ3v) is 1.88. The molecule has 1 saturated heterocycles. The molecule has 1 aliphatic heterocycles. The Morgan fingerprint density at radius 2 is 2.30 bits per heavy atom. The summed E-state index contributed by atoms with van der Waals surface area (Å²) in [6.07, 6.45) is 0.625. The van der Waals surface area contributed by atoms with Crippen LogP contribution in [0.3, 0.4) is 0 Å². The fourth-order valence-corrected chi connectivity index (χ4v) is 1.45. The zero-order valence-corrected chi connectivity index (χ0v) is 6.10. The third-order valence-electron chi connectivity index (χ3n) is 1.25. The monoisotopic (exact) mass is 167 g/mol. The van der Waals surface area contributed by atoms with E-state index in [1.165, 1.54) is 0 Å². The topological polar surface area (TPSA) is 75.6 Å². The first-order valence-electron chi connectivity index (χ1n) is 2.90. The first-order chi connectivity index (χ1) is 4.58. The van der Waals surface area contributed by atoms with E-state index in [4.69, 9.17) is 9.29 Å². The average Bonchev–Trinajstić information content (AvgIpc) is 2.12. The summed E-state index contributed by atoms with van der Waals surface area (Å²) in [6.45, 7) is 0.896. The molecule has 0 spiro atoms. The van der Waals surface area contributed by atoms with Crippen molar-refractivity contribution in [1.29, 1.82) is 0 Å². The SMILES string of the molecule is O=S(=O)(O)N[C@@H]1CCOC1. The number of nitrogens with one attached hydrogen (secondary N) is 1. The van der Waals surface area contributed by atoms with Gasteiger partial charge in [0.05, 0.1) is 6.61 Å². The molecule has 0 aromatic rings. The normalized spacial score (nSPS) is 27.1. The van der Waals surface area contributed by atoms with Crippen molar-refractivity contribution in [2.75, 3.05) is 13.2 Å². The van der Waals surface area contributed by atoms with E-state index < -0.39 is 10.3 Å². The summed E-state index contributed by atoms with van der Waals surface area (Å²) in [5, 5.41) is 0. The maximum absolute atomic E-state index is 10.2. The van der Waals surface area contributed by atoms with Gasteiger partial charge < -0.3 is 4.74 Å². The standard InChI is InChI=1S/C4H9NO4S/c6-10(7,8)5-4-1-2-9-3-4/h4-5H,1-3H2,(H,6,7,8)/t4-/m1/s1. The molecule has 5 nitrogen and oxygen atoms in total. The minimum Gasteiger partial charge on any atom is -0.380 e. The third kappa shape index (κ3) is 2.61. The number of rotatable bonds is 2. The van der Waals surface area contributed by atoms with Crippen LogP contribution in [0.25, 0.3) is 0 Å². The maximum Gasteiger partial charge on any atom is 0.333 e. The predicted molar refractivity (Wildman–Crippen MR) is 33.9 cm³/mol. The van der Waals surface area contributed by atoms with Crippen LogP contribution >= 0.6 is 0 Å². The van der Waals surface area contributed by atoms with Gasteiger partial charge in [0.2, 0.25) is 0 Å². The second kappa shape index (κ2) is 2.83. The molecular weight excluding hydrogens is 158 g/mol. The van der Waals surface area contributed by atoms with Crippen molar-refractivity contribution in [2.45, 2.75) is 12.5 Å². The summed E-state index contributed by atoms with van der Waals surface area (Å²) >= 11 is 0. The molecule has 0 amide bonds. The van der Waals surface area contributed by atoms with Crippen LogP contribution in [0.2, 0.25) is 0 Å². The lowest BCUT2D eigenvalue weighted by atomic mass is 10.3. The zero-order valence-electron chi connectivity index (χ0n) is 5.28. The molecule has 1 aliphatic rings. The van der Waals surface area contributed by atoms with Crippen molar-refractivity contribution in [2.24, 2.45) is 0 Å². The van der Waals surface area contributed by atoms with Gasteiger partial charge in [-0.2, -0.15) is 13.1 Å². The molecule has 2 N–H and O–H groups in total. The van der Waals surface area contributed by atoms with Crippen molar-refractivity contribution in [3.63, 3.8) is 0 Å². The Kier molecular flexibility index (Phi) is 2.24. The summed E-state index contributed by atoms with van der Waals surface area (Å²) in [6, 6.07) is -0.255. The van der Waals surface area contributed by atoms with E-state index in [9.17, 15) is 8.42 Å². The van der Waals surface area contributed by atoms with E-state index in [0.29, 0.717) is 19.6 Å². The first-order valence-corrected chi connectivity index (χ1v) is 4.34. The van der Waals surface area contributed by atoms with E-state index in [2.05, 4.69) is 0 Å². The number of ether oxygens (including phenoxy) is 1. The van der Waals surface area contributed by atoms with Crippen LogP contribution in [0.4, 0.5) is 0 Å². The highest BCUT2D eigenvalue weighted by atomic mass is 32.2. The second-order valence-corrected chi connectivity index (χ2v) is 3.34. The van der Waals surface area contributed by atoms with Gasteiger partial charge in [-0.3, -0.25) is 4.55 Å². The van der Waals surface area contributed by atoms with Gasteiger partial charge in [0.15, 0.2) is 0 Å².